The SMILES string of the molecule is C=Cc1cc(OC(N)=O)c(F)cn1. The zero-order valence-corrected chi connectivity index (χ0v) is 6.66. The van der Waals surface area contributed by atoms with E-state index in [0.29, 0.717) is 5.69 Å². The van der Waals surface area contributed by atoms with E-state index in [1.807, 2.05) is 0 Å². The molecule has 0 radical (unpaired) electrons. The van der Waals surface area contributed by atoms with E-state index in [2.05, 4.69) is 16.3 Å². The molecule has 1 rings (SSSR count). The van der Waals surface area contributed by atoms with Gasteiger partial charge in [-0.3, -0.25) is 4.98 Å². The van der Waals surface area contributed by atoms with E-state index in [-0.39, 0.29) is 5.75 Å². The molecule has 1 aromatic heterocycles. The molecular formula is C8H7FN2O2. The van der Waals surface area contributed by atoms with Gasteiger partial charge < -0.3 is 10.5 Å². The first-order valence-corrected chi connectivity index (χ1v) is 3.38. The minimum atomic E-state index is -1.07. The first kappa shape index (κ1) is 9.18. The van der Waals surface area contributed by atoms with Crippen LogP contribution in [0.15, 0.2) is 18.8 Å². The van der Waals surface area contributed by atoms with E-state index in [1.54, 1.807) is 0 Å². The molecule has 0 bridgehead atoms. The van der Waals surface area contributed by atoms with Crippen LogP contribution in [0.5, 0.6) is 5.75 Å². The molecule has 68 valence electrons. The van der Waals surface area contributed by atoms with Crippen molar-refractivity contribution in [2.45, 2.75) is 0 Å². The molecule has 1 amide bonds. The van der Waals surface area contributed by atoms with Crippen LogP contribution in [0.4, 0.5) is 9.18 Å². The van der Waals surface area contributed by atoms with Gasteiger partial charge in [-0.05, 0) is 6.08 Å². The Morgan fingerprint density at radius 1 is 1.77 bits per heavy atom. The lowest BCUT2D eigenvalue weighted by atomic mass is 10.3. The van der Waals surface area contributed by atoms with Gasteiger partial charge in [0, 0.05) is 6.07 Å². The standard InChI is InChI=1S/C8H7FN2O2/c1-2-5-3-7(13-8(10)12)6(9)4-11-5/h2-4H,1H2,(H2,10,12). The summed E-state index contributed by atoms with van der Waals surface area (Å²) in [5.74, 6) is -0.998. The molecule has 0 spiro atoms. The van der Waals surface area contributed by atoms with Crippen molar-refractivity contribution in [1.82, 2.24) is 4.98 Å². The maximum atomic E-state index is 12.8. The van der Waals surface area contributed by atoms with Crippen LogP contribution in [0.1, 0.15) is 5.69 Å². The number of hydrogen-bond acceptors (Lipinski definition) is 3. The Balaban J connectivity index is 3.03. The summed E-state index contributed by atoms with van der Waals surface area (Å²) in [7, 11) is 0. The van der Waals surface area contributed by atoms with Crippen molar-refractivity contribution in [1.29, 1.82) is 0 Å². The number of nitrogens with zero attached hydrogens (tertiary/aromatic N) is 1. The molecule has 5 heteroatoms. The van der Waals surface area contributed by atoms with E-state index < -0.39 is 11.9 Å². The van der Waals surface area contributed by atoms with Crippen molar-refractivity contribution in [2.24, 2.45) is 5.73 Å². The Kier molecular flexibility index (Phi) is 2.59. The van der Waals surface area contributed by atoms with Gasteiger partial charge in [0.1, 0.15) is 0 Å². The minimum absolute atomic E-state index is 0.252. The van der Waals surface area contributed by atoms with Gasteiger partial charge in [0.25, 0.3) is 0 Å². The second-order valence-electron chi connectivity index (χ2n) is 2.16. The zero-order valence-electron chi connectivity index (χ0n) is 6.66. The molecular weight excluding hydrogens is 175 g/mol. The number of ether oxygens (including phenoxy) is 1. The molecule has 0 aliphatic carbocycles. The molecule has 0 saturated carbocycles. The van der Waals surface area contributed by atoms with Crippen LogP contribution in [0.3, 0.4) is 0 Å². The quantitative estimate of drug-likeness (QED) is 0.750. The number of rotatable bonds is 2. The monoisotopic (exact) mass is 182 g/mol. The highest BCUT2D eigenvalue weighted by Gasteiger charge is 2.07. The van der Waals surface area contributed by atoms with Gasteiger partial charge >= 0.3 is 6.09 Å². The molecule has 0 aliphatic rings. The predicted molar refractivity (Wildman–Crippen MR) is 44.5 cm³/mol. The van der Waals surface area contributed by atoms with E-state index >= 15 is 0 Å². The second-order valence-corrected chi connectivity index (χ2v) is 2.16. The smallest absolute Gasteiger partial charge is 0.407 e. The van der Waals surface area contributed by atoms with E-state index in [9.17, 15) is 9.18 Å². The molecule has 0 atom stereocenters. The topological polar surface area (TPSA) is 65.2 Å². The van der Waals surface area contributed by atoms with Gasteiger partial charge in [0.05, 0.1) is 11.9 Å². The highest BCUT2D eigenvalue weighted by molar-refractivity contribution is 5.68. The molecule has 1 aromatic rings. The van der Waals surface area contributed by atoms with Crippen LogP contribution in [-0.4, -0.2) is 11.1 Å². The second kappa shape index (κ2) is 3.66. The van der Waals surface area contributed by atoms with Crippen LogP contribution in [0.2, 0.25) is 0 Å². The maximum absolute atomic E-state index is 12.8. The molecule has 0 saturated heterocycles. The minimum Gasteiger partial charge on any atom is -0.407 e. The average molecular weight is 182 g/mol. The fraction of sp³-hybridized carbons (Fsp3) is 0. The van der Waals surface area contributed by atoms with Crippen LogP contribution in [0, 0.1) is 5.82 Å². The Bertz CT molecular complexity index is 352. The Labute approximate surface area is 73.8 Å². The Hall–Kier alpha value is -1.91. The lowest BCUT2D eigenvalue weighted by Gasteiger charge is -2.02. The summed E-state index contributed by atoms with van der Waals surface area (Å²) in [6, 6.07) is 1.23. The molecule has 2 N–H and O–H groups in total. The summed E-state index contributed by atoms with van der Waals surface area (Å²) < 4.78 is 17.2. The number of nitrogens with two attached hydrogens (primary N) is 1. The molecule has 0 aliphatic heterocycles. The van der Waals surface area contributed by atoms with E-state index in [1.165, 1.54) is 12.1 Å². The number of amides is 1. The first-order valence-electron chi connectivity index (χ1n) is 3.38. The van der Waals surface area contributed by atoms with Gasteiger partial charge in [0.15, 0.2) is 11.6 Å². The normalized spacial score (nSPS) is 9.31. The number of hydrogen-bond donors (Lipinski definition) is 1. The predicted octanol–water partition coefficient (Wildman–Crippen LogP) is 1.32. The fourth-order valence-corrected chi connectivity index (χ4v) is 0.734. The van der Waals surface area contributed by atoms with Gasteiger partial charge in [-0.2, -0.15) is 0 Å². The number of carbonyl (C=O) groups is 1. The van der Waals surface area contributed by atoms with Gasteiger partial charge in [-0.15, -0.1) is 0 Å². The van der Waals surface area contributed by atoms with Crippen molar-refractivity contribution in [3.05, 3.63) is 30.4 Å². The number of pyridine rings is 1. The van der Waals surface area contributed by atoms with Crippen molar-refractivity contribution in [3.8, 4) is 5.75 Å². The Morgan fingerprint density at radius 3 is 3.00 bits per heavy atom. The Morgan fingerprint density at radius 2 is 2.46 bits per heavy atom. The molecule has 13 heavy (non-hydrogen) atoms. The number of carbonyl (C=O) groups excluding carboxylic acids is 1. The van der Waals surface area contributed by atoms with Crippen molar-refractivity contribution >= 4 is 12.2 Å². The van der Waals surface area contributed by atoms with Gasteiger partial charge in [-0.25, -0.2) is 9.18 Å². The number of primary amides is 1. The van der Waals surface area contributed by atoms with Crippen LogP contribution < -0.4 is 10.5 Å². The fourth-order valence-electron chi connectivity index (χ4n) is 0.734. The van der Waals surface area contributed by atoms with Gasteiger partial charge in [-0.1, -0.05) is 6.58 Å². The van der Waals surface area contributed by atoms with Gasteiger partial charge in [0.2, 0.25) is 0 Å². The summed E-state index contributed by atoms with van der Waals surface area (Å²) in [5.41, 5.74) is 5.11. The molecule has 4 nitrogen and oxygen atoms in total. The van der Waals surface area contributed by atoms with Crippen molar-refractivity contribution in [3.63, 3.8) is 0 Å². The third kappa shape index (κ3) is 2.26. The molecule has 1 heterocycles. The van der Waals surface area contributed by atoms with Crippen LogP contribution in [0.25, 0.3) is 6.08 Å². The molecule has 0 fully saturated rings. The van der Waals surface area contributed by atoms with E-state index in [0.717, 1.165) is 6.20 Å². The van der Waals surface area contributed by atoms with Crippen molar-refractivity contribution in [2.75, 3.05) is 0 Å². The maximum Gasteiger partial charge on any atom is 0.410 e. The summed E-state index contributed by atoms with van der Waals surface area (Å²) in [4.78, 5) is 13.9. The summed E-state index contributed by atoms with van der Waals surface area (Å²) in [6.45, 7) is 3.42. The average Bonchev–Trinajstić information content (AvgIpc) is 2.08. The molecule has 0 aromatic carbocycles. The lowest BCUT2D eigenvalue weighted by Crippen LogP contribution is -2.17. The van der Waals surface area contributed by atoms with Crippen LogP contribution in [-0.2, 0) is 0 Å². The highest BCUT2D eigenvalue weighted by atomic mass is 19.1. The molecule has 0 unspecified atom stereocenters. The third-order valence-electron chi connectivity index (χ3n) is 1.26. The summed E-state index contributed by atoms with van der Waals surface area (Å²) in [5, 5.41) is 0. The summed E-state index contributed by atoms with van der Waals surface area (Å²) >= 11 is 0. The summed E-state index contributed by atoms with van der Waals surface area (Å²) in [6.07, 6.45) is 1.25. The van der Waals surface area contributed by atoms with Crippen LogP contribution >= 0.6 is 0 Å². The van der Waals surface area contributed by atoms with E-state index in [4.69, 9.17) is 5.73 Å². The zero-order chi connectivity index (χ0) is 9.84. The first-order chi connectivity index (χ1) is 6.13. The number of aromatic nitrogens is 1. The highest BCUT2D eigenvalue weighted by Crippen LogP contribution is 2.16. The number of halogens is 1. The third-order valence-corrected chi connectivity index (χ3v) is 1.26. The van der Waals surface area contributed by atoms with Crippen molar-refractivity contribution < 1.29 is 13.9 Å². The largest absolute Gasteiger partial charge is 0.410 e. The lowest BCUT2D eigenvalue weighted by molar-refractivity contribution is 0.208.